The molecule has 0 atom stereocenters. The van der Waals surface area contributed by atoms with Gasteiger partial charge in [0.1, 0.15) is 10.7 Å². The highest BCUT2D eigenvalue weighted by Gasteiger charge is 2.11. The van der Waals surface area contributed by atoms with Gasteiger partial charge in [-0.2, -0.15) is 0 Å². The number of hydrogen-bond donors (Lipinski definition) is 3. The number of anilines is 2. The quantitative estimate of drug-likeness (QED) is 0.612. The summed E-state index contributed by atoms with van der Waals surface area (Å²) in [6.07, 6.45) is 1.50. The van der Waals surface area contributed by atoms with E-state index in [4.69, 9.17) is 5.73 Å². The van der Waals surface area contributed by atoms with Crippen LogP contribution in [0, 0.1) is 0 Å². The summed E-state index contributed by atoms with van der Waals surface area (Å²) < 4.78 is 3.67. The Hall–Kier alpha value is -2.41. The molecule has 0 unspecified atom stereocenters. The van der Waals surface area contributed by atoms with Crippen LogP contribution in [0.5, 0.6) is 0 Å². The van der Waals surface area contributed by atoms with Gasteiger partial charge < -0.3 is 16.0 Å². The lowest BCUT2D eigenvalue weighted by molar-refractivity contribution is 0.102. The zero-order chi connectivity index (χ0) is 12.5. The maximum atomic E-state index is 12.0. The van der Waals surface area contributed by atoms with Gasteiger partial charge in [-0.1, -0.05) is 16.6 Å². The molecule has 6 nitrogen and oxygen atoms in total. The van der Waals surface area contributed by atoms with E-state index in [1.807, 2.05) is 12.1 Å². The molecule has 7 heteroatoms. The molecule has 0 fully saturated rings. The zero-order valence-electron chi connectivity index (χ0n) is 9.18. The normalized spacial score (nSPS) is 10.7. The van der Waals surface area contributed by atoms with Gasteiger partial charge in [0, 0.05) is 16.9 Å². The predicted molar refractivity (Wildman–Crippen MR) is 70.6 cm³/mol. The van der Waals surface area contributed by atoms with Gasteiger partial charge >= 0.3 is 0 Å². The Morgan fingerprint density at radius 3 is 3.06 bits per heavy atom. The number of para-hydroxylation sites is 1. The number of nitrogen functional groups attached to an aromatic ring is 1. The highest BCUT2D eigenvalue weighted by atomic mass is 32.1. The number of carbonyl (C=O) groups excluding carboxylic acids is 1. The molecule has 0 radical (unpaired) electrons. The summed E-state index contributed by atoms with van der Waals surface area (Å²) in [5.74, 6) is -0.239. The van der Waals surface area contributed by atoms with Gasteiger partial charge in [-0.05, 0) is 12.1 Å². The van der Waals surface area contributed by atoms with Crippen molar-refractivity contribution < 1.29 is 4.79 Å². The molecule has 0 aliphatic carbocycles. The van der Waals surface area contributed by atoms with Gasteiger partial charge in [0.15, 0.2) is 0 Å². The van der Waals surface area contributed by atoms with Gasteiger partial charge in [0.25, 0.3) is 5.91 Å². The van der Waals surface area contributed by atoms with Gasteiger partial charge in [0.05, 0.1) is 17.4 Å². The van der Waals surface area contributed by atoms with Crippen LogP contribution in [-0.4, -0.2) is 20.5 Å². The van der Waals surface area contributed by atoms with Crippen molar-refractivity contribution in [1.82, 2.24) is 14.6 Å². The van der Waals surface area contributed by atoms with Crippen LogP contribution in [0.2, 0.25) is 0 Å². The van der Waals surface area contributed by atoms with E-state index in [1.165, 1.54) is 6.20 Å². The number of nitrogens with zero attached hydrogens (tertiary/aromatic N) is 2. The molecule has 0 aliphatic heterocycles. The van der Waals surface area contributed by atoms with Crippen LogP contribution in [0.4, 0.5) is 10.7 Å². The van der Waals surface area contributed by atoms with Crippen LogP contribution in [0.1, 0.15) is 10.5 Å². The average Bonchev–Trinajstić information content (AvgIpc) is 2.97. The standard InChI is InChI=1S/C11H9N5OS/c12-7-3-1-2-6-4-8(14-10(6)7)11(17)15-9-5-13-16-18-9/h1-5,14H,12H2,(H,15,17). The fourth-order valence-corrected chi connectivity index (χ4v) is 2.12. The zero-order valence-corrected chi connectivity index (χ0v) is 9.99. The molecule has 0 saturated carbocycles. The third-order valence-corrected chi connectivity index (χ3v) is 3.11. The fourth-order valence-electron chi connectivity index (χ4n) is 1.70. The first-order valence-corrected chi connectivity index (χ1v) is 5.97. The molecule has 4 N–H and O–H groups in total. The van der Waals surface area contributed by atoms with Crippen molar-refractivity contribution in [2.45, 2.75) is 0 Å². The predicted octanol–water partition coefficient (Wildman–Crippen LogP) is 1.85. The summed E-state index contributed by atoms with van der Waals surface area (Å²) in [6.45, 7) is 0. The molecule has 90 valence electrons. The third kappa shape index (κ3) is 1.80. The number of fused-ring (bicyclic) bond motifs is 1. The van der Waals surface area contributed by atoms with Crippen molar-refractivity contribution in [3.8, 4) is 0 Å². The van der Waals surface area contributed by atoms with E-state index in [2.05, 4.69) is 19.9 Å². The number of aromatic nitrogens is 3. The Kier molecular flexibility index (Phi) is 2.45. The molecule has 3 rings (SSSR count). The van der Waals surface area contributed by atoms with Gasteiger partial charge in [-0.15, -0.1) is 5.10 Å². The highest BCUT2D eigenvalue weighted by molar-refractivity contribution is 7.10. The molecule has 3 aromatic rings. The molecule has 0 saturated heterocycles. The summed E-state index contributed by atoms with van der Waals surface area (Å²) in [6, 6.07) is 7.29. The number of hydrogen-bond acceptors (Lipinski definition) is 5. The number of carbonyl (C=O) groups is 1. The molecule has 1 amide bonds. The summed E-state index contributed by atoms with van der Waals surface area (Å²) >= 11 is 1.12. The van der Waals surface area contributed by atoms with E-state index in [0.717, 1.165) is 22.4 Å². The largest absolute Gasteiger partial charge is 0.397 e. The minimum atomic E-state index is -0.239. The summed E-state index contributed by atoms with van der Waals surface area (Å²) in [5, 5.41) is 7.86. The number of nitrogens with two attached hydrogens (primary N) is 1. The maximum absolute atomic E-state index is 12.0. The summed E-state index contributed by atoms with van der Waals surface area (Å²) in [7, 11) is 0. The Labute approximate surface area is 106 Å². The number of H-pyrrole nitrogens is 1. The fraction of sp³-hybridized carbons (Fsp3) is 0. The lowest BCUT2D eigenvalue weighted by Gasteiger charge is -1.97. The third-order valence-electron chi connectivity index (χ3n) is 2.53. The van der Waals surface area contributed by atoms with E-state index in [-0.39, 0.29) is 5.91 Å². The maximum Gasteiger partial charge on any atom is 0.272 e. The first-order valence-electron chi connectivity index (χ1n) is 5.20. The Balaban J connectivity index is 1.94. The van der Waals surface area contributed by atoms with Crippen LogP contribution >= 0.6 is 11.5 Å². The molecular weight excluding hydrogens is 250 g/mol. The van der Waals surface area contributed by atoms with Crippen LogP contribution in [0.15, 0.2) is 30.5 Å². The number of nitrogens with one attached hydrogen (secondary N) is 2. The second kappa shape index (κ2) is 4.11. The monoisotopic (exact) mass is 259 g/mol. The van der Waals surface area contributed by atoms with Gasteiger partial charge in [-0.3, -0.25) is 4.79 Å². The van der Waals surface area contributed by atoms with E-state index in [9.17, 15) is 4.79 Å². The highest BCUT2D eigenvalue weighted by Crippen LogP contribution is 2.21. The van der Waals surface area contributed by atoms with E-state index in [1.54, 1.807) is 12.1 Å². The first kappa shape index (κ1) is 10.7. The average molecular weight is 259 g/mol. The van der Waals surface area contributed by atoms with Crippen molar-refractivity contribution in [3.05, 3.63) is 36.2 Å². The molecular formula is C11H9N5OS. The Morgan fingerprint density at radius 1 is 1.44 bits per heavy atom. The van der Waals surface area contributed by atoms with Crippen LogP contribution in [0.25, 0.3) is 10.9 Å². The summed E-state index contributed by atoms with van der Waals surface area (Å²) in [5.41, 5.74) is 7.67. The minimum Gasteiger partial charge on any atom is -0.397 e. The number of amides is 1. The van der Waals surface area contributed by atoms with Gasteiger partial charge in [-0.25, -0.2) is 0 Å². The molecule has 0 bridgehead atoms. The second-order valence-corrected chi connectivity index (χ2v) is 4.52. The first-order chi connectivity index (χ1) is 8.74. The molecule has 2 aromatic heterocycles. The number of aromatic amines is 1. The Bertz CT molecular complexity index is 703. The number of benzene rings is 1. The lowest BCUT2D eigenvalue weighted by Crippen LogP contribution is -2.11. The molecule has 18 heavy (non-hydrogen) atoms. The van der Waals surface area contributed by atoms with Crippen LogP contribution in [0.3, 0.4) is 0 Å². The second-order valence-electron chi connectivity index (χ2n) is 3.73. The van der Waals surface area contributed by atoms with Crippen molar-refractivity contribution in [2.24, 2.45) is 0 Å². The van der Waals surface area contributed by atoms with Crippen molar-refractivity contribution in [1.29, 1.82) is 0 Å². The van der Waals surface area contributed by atoms with Crippen molar-refractivity contribution >= 4 is 39.0 Å². The molecule has 0 aliphatic rings. The van der Waals surface area contributed by atoms with E-state index < -0.39 is 0 Å². The topological polar surface area (TPSA) is 96.7 Å². The molecule has 2 heterocycles. The minimum absolute atomic E-state index is 0.239. The smallest absolute Gasteiger partial charge is 0.272 e. The van der Waals surface area contributed by atoms with Crippen LogP contribution in [-0.2, 0) is 0 Å². The van der Waals surface area contributed by atoms with E-state index >= 15 is 0 Å². The van der Waals surface area contributed by atoms with Crippen molar-refractivity contribution in [3.63, 3.8) is 0 Å². The SMILES string of the molecule is Nc1cccc2cc(C(=O)Nc3cnns3)[nH]c12. The Morgan fingerprint density at radius 2 is 2.33 bits per heavy atom. The molecule has 1 aromatic carbocycles. The van der Waals surface area contributed by atoms with Gasteiger partial charge in [0.2, 0.25) is 0 Å². The lowest BCUT2D eigenvalue weighted by atomic mass is 10.2. The van der Waals surface area contributed by atoms with Crippen LogP contribution < -0.4 is 11.1 Å². The van der Waals surface area contributed by atoms with E-state index in [0.29, 0.717) is 16.4 Å². The molecule has 0 spiro atoms. The summed E-state index contributed by atoms with van der Waals surface area (Å²) in [4.78, 5) is 15.0. The van der Waals surface area contributed by atoms with Crippen molar-refractivity contribution in [2.75, 3.05) is 11.1 Å². The number of rotatable bonds is 2.